The zero-order valence-corrected chi connectivity index (χ0v) is 50.5. The van der Waals surface area contributed by atoms with Crippen molar-refractivity contribution in [2.45, 2.75) is 191 Å². The molecule has 0 N–H and O–H groups in total. The van der Waals surface area contributed by atoms with Gasteiger partial charge in [0.1, 0.15) is 0 Å². The van der Waals surface area contributed by atoms with E-state index in [-0.39, 0.29) is 57.3 Å². The van der Waals surface area contributed by atoms with Gasteiger partial charge in [-0.2, -0.15) is 0 Å². The van der Waals surface area contributed by atoms with Crippen molar-refractivity contribution in [1.29, 1.82) is 0 Å². The number of allylic oxidation sites excluding steroid dienone is 2. The first kappa shape index (κ1) is 56.2. The molecule has 2 aliphatic carbocycles. The van der Waals surface area contributed by atoms with Crippen LogP contribution in [0, 0.1) is 0 Å². The SMILES string of the molecule is COc1c(C(C)(C)C)cc2c(c1-c1cc(C(C)(C)C)cc(C(C)(C)C)c1)C=C(C)[CH]2[Zr+2]([CH]1C(C)=Cc2c1cc(C(C)(C)C)c(OC)c2-c1cc(C(C)(C)C)cc(C(C)(C)C)c1)=[Si](C)C.[Cl-].[Cl-]. The molecule has 4 aromatic rings. The Kier molecular flexibility index (Phi) is 16.3. The fraction of sp³-hybridized carbons (Fsp3) is 0.533. The van der Waals surface area contributed by atoms with Crippen LogP contribution < -0.4 is 34.3 Å². The summed E-state index contributed by atoms with van der Waals surface area (Å²) >= 11 is -2.57. The number of fused-ring (bicyclic) bond motifs is 2. The molecule has 0 saturated heterocycles. The van der Waals surface area contributed by atoms with Gasteiger partial charge in [-0.15, -0.1) is 0 Å². The maximum atomic E-state index is 6.63. The summed E-state index contributed by atoms with van der Waals surface area (Å²) in [5.74, 6) is 2.07. The molecule has 0 fully saturated rings. The molecule has 66 heavy (non-hydrogen) atoms. The molecule has 2 nitrogen and oxygen atoms in total. The summed E-state index contributed by atoms with van der Waals surface area (Å²) < 4.78 is 14.2. The largest absolute Gasteiger partial charge is 1.00 e. The van der Waals surface area contributed by atoms with Crippen molar-refractivity contribution in [3.8, 4) is 33.8 Å². The van der Waals surface area contributed by atoms with Crippen LogP contribution in [0.25, 0.3) is 34.4 Å². The molecular formula is C60H84Cl2O2SiZr. The van der Waals surface area contributed by atoms with Crippen molar-refractivity contribution in [1.82, 2.24) is 0 Å². The van der Waals surface area contributed by atoms with Crippen LogP contribution >= 0.6 is 0 Å². The average Bonchev–Trinajstić information content (AvgIpc) is 3.65. The molecule has 0 bridgehead atoms. The van der Waals surface area contributed by atoms with Gasteiger partial charge < -0.3 is 24.8 Å². The maximum absolute atomic E-state index is 6.63. The molecule has 358 valence electrons. The molecular weight excluding hydrogens is 943 g/mol. The van der Waals surface area contributed by atoms with E-state index in [1.54, 1.807) is 22.3 Å². The minimum Gasteiger partial charge on any atom is -1.00 e. The van der Waals surface area contributed by atoms with Crippen LogP contribution in [0.1, 0.15) is 201 Å². The number of hydrogen-bond donors (Lipinski definition) is 0. The molecule has 0 aliphatic heterocycles. The van der Waals surface area contributed by atoms with E-state index in [4.69, 9.17) is 9.47 Å². The van der Waals surface area contributed by atoms with E-state index in [1.807, 2.05) is 14.2 Å². The van der Waals surface area contributed by atoms with Crippen LogP contribution in [-0.4, -0.2) is 19.7 Å². The molecule has 6 heteroatoms. The Morgan fingerprint density at radius 2 is 0.697 bits per heavy atom. The quantitative estimate of drug-likeness (QED) is 0.179. The van der Waals surface area contributed by atoms with Gasteiger partial charge in [0.25, 0.3) is 0 Å². The van der Waals surface area contributed by atoms with E-state index >= 15 is 0 Å². The minimum absolute atomic E-state index is 0. The van der Waals surface area contributed by atoms with Crippen molar-refractivity contribution < 1.29 is 54.7 Å². The summed E-state index contributed by atoms with van der Waals surface area (Å²) in [4.78, 5) is 0. The first-order valence-electron chi connectivity index (χ1n) is 24.0. The summed E-state index contributed by atoms with van der Waals surface area (Å²) in [5, 5.41) is 0. The summed E-state index contributed by atoms with van der Waals surface area (Å²) in [6, 6.07) is 20.0. The molecule has 0 saturated carbocycles. The first-order valence-corrected chi connectivity index (χ1v) is 33.0. The fourth-order valence-electron chi connectivity index (χ4n) is 10.3. The standard InChI is InChI=1S/2C29H39O.C2H6Si.2ClH.Zr/c2*1-18-12-19-16-24(29(8,9)10)26(30-11)25(23(19)13-18)20-14-21(27(2,3)4)17-22(15-20)28(5,6)7;1-3-2;;;/h2*12-17H,1-11H3;1-2H3;2*1H;/q;;;;;+2/p-2. The van der Waals surface area contributed by atoms with Crippen LogP contribution in [-0.2, 0) is 52.9 Å². The van der Waals surface area contributed by atoms with Gasteiger partial charge in [-0.1, -0.05) is 0 Å². The minimum atomic E-state index is -2.57. The molecule has 0 amide bonds. The second-order valence-corrected chi connectivity index (χ2v) is 43.7. The number of halogens is 2. The third kappa shape index (κ3) is 10.7. The zero-order chi connectivity index (χ0) is 48.2. The zero-order valence-electron chi connectivity index (χ0n) is 45.5. The molecule has 2 unspecified atom stereocenters. The van der Waals surface area contributed by atoms with Crippen LogP contribution in [0.5, 0.6) is 11.5 Å². The Morgan fingerprint density at radius 3 is 0.909 bits per heavy atom. The number of rotatable bonds is 6. The molecule has 0 radical (unpaired) electrons. The molecule has 2 atom stereocenters. The van der Waals surface area contributed by atoms with Crippen molar-refractivity contribution in [2.24, 2.45) is 0 Å². The Morgan fingerprint density at radius 1 is 0.424 bits per heavy atom. The van der Waals surface area contributed by atoms with E-state index in [2.05, 4.69) is 212 Å². The summed E-state index contributed by atoms with van der Waals surface area (Å²) in [7, 11) is 3.79. The maximum Gasteiger partial charge on any atom is -1.00 e. The van der Waals surface area contributed by atoms with E-state index in [1.165, 1.54) is 66.8 Å². The Hall–Kier alpha value is -2.36. The number of methoxy groups -OCH3 is 2. The topological polar surface area (TPSA) is 18.5 Å². The van der Waals surface area contributed by atoms with E-state index in [0.29, 0.717) is 7.25 Å². The number of hydrogen-bond acceptors (Lipinski definition) is 2. The monoisotopic (exact) mass is 1020 g/mol. The molecule has 0 aromatic heterocycles. The predicted molar refractivity (Wildman–Crippen MR) is 279 cm³/mol. The van der Waals surface area contributed by atoms with Crippen molar-refractivity contribution in [3.63, 3.8) is 0 Å². The first-order chi connectivity index (χ1) is 29.1. The second kappa shape index (κ2) is 19.1. The molecule has 4 aromatic carbocycles. The van der Waals surface area contributed by atoms with Gasteiger partial charge in [-0.3, -0.25) is 0 Å². The van der Waals surface area contributed by atoms with Gasteiger partial charge >= 0.3 is 402 Å². The van der Waals surface area contributed by atoms with Gasteiger partial charge in [0.05, 0.1) is 0 Å². The van der Waals surface area contributed by atoms with Gasteiger partial charge in [0.2, 0.25) is 0 Å². The van der Waals surface area contributed by atoms with E-state index in [0.717, 1.165) is 11.5 Å². The normalized spacial score (nSPS) is 16.3. The van der Waals surface area contributed by atoms with Crippen molar-refractivity contribution in [3.05, 3.63) is 115 Å². The fourth-order valence-corrected chi connectivity index (χ4v) is 30.9. The van der Waals surface area contributed by atoms with Crippen LogP contribution in [0.3, 0.4) is 0 Å². The van der Waals surface area contributed by atoms with Gasteiger partial charge in [0.15, 0.2) is 0 Å². The number of benzene rings is 4. The Bertz CT molecular complexity index is 2370. The summed E-state index contributed by atoms with van der Waals surface area (Å²) in [5.41, 5.74) is 21.3. The van der Waals surface area contributed by atoms with E-state index in [9.17, 15) is 0 Å². The van der Waals surface area contributed by atoms with Gasteiger partial charge in [-0.05, 0) is 0 Å². The molecule has 0 spiro atoms. The molecule has 2 aliphatic rings. The summed E-state index contributed by atoms with van der Waals surface area (Å²) in [6.45, 7) is 52.7. The van der Waals surface area contributed by atoms with Crippen LogP contribution in [0.4, 0.5) is 0 Å². The van der Waals surface area contributed by atoms with Crippen LogP contribution in [0.2, 0.25) is 13.1 Å². The average molecular weight is 1030 g/mol. The summed E-state index contributed by atoms with van der Waals surface area (Å²) in [6.07, 6.45) is 5.19. The van der Waals surface area contributed by atoms with Gasteiger partial charge in [0, 0.05) is 0 Å². The Balaban J connectivity index is 0.00000476. The van der Waals surface area contributed by atoms with E-state index < -0.39 is 25.8 Å². The van der Waals surface area contributed by atoms with Crippen molar-refractivity contribution >= 4 is 17.6 Å². The number of ether oxygens (including phenoxy) is 2. The second-order valence-electron chi connectivity index (χ2n) is 25.9. The molecule has 0 heterocycles. The third-order valence-electron chi connectivity index (χ3n) is 14.1. The van der Waals surface area contributed by atoms with Gasteiger partial charge in [-0.25, -0.2) is 0 Å². The molecule has 6 rings (SSSR count). The predicted octanol–water partition coefficient (Wildman–Crippen LogP) is 11.3. The Labute approximate surface area is 423 Å². The van der Waals surface area contributed by atoms with Crippen molar-refractivity contribution in [2.75, 3.05) is 14.2 Å². The van der Waals surface area contributed by atoms with Crippen LogP contribution in [0.15, 0.2) is 59.7 Å². The smallest absolute Gasteiger partial charge is 1.00 e. The third-order valence-corrected chi connectivity index (χ3v) is 34.0.